The Hall–Kier alpha value is -3.18. The molecule has 1 N–H and O–H groups in total. The number of aromatic amines is 1. The molecule has 0 saturated carbocycles. The van der Waals surface area contributed by atoms with E-state index in [-0.39, 0.29) is 18.9 Å². The van der Waals surface area contributed by atoms with Crippen molar-refractivity contribution < 1.29 is 26.3 Å². The van der Waals surface area contributed by atoms with Gasteiger partial charge in [0.25, 0.3) is 0 Å². The van der Waals surface area contributed by atoms with Gasteiger partial charge >= 0.3 is 12.4 Å². The summed E-state index contributed by atoms with van der Waals surface area (Å²) in [6.07, 6.45) is -4.82. The predicted octanol–water partition coefficient (Wildman–Crippen LogP) is 5.31. The summed E-state index contributed by atoms with van der Waals surface area (Å²) in [6.45, 7) is 2.57. The maximum Gasteiger partial charge on any atom is 0.419 e. The van der Waals surface area contributed by atoms with Crippen molar-refractivity contribution >= 4 is 28.5 Å². The van der Waals surface area contributed by atoms with E-state index in [1.807, 2.05) is 9.80 Å². The number of fused-ring (bicyclic) bond motifs is 1. The number of piperidine rings is 1. The fourth-order valence-corrected chi connectivity index (χ4v) is 4.78. The van der Waals surface area contributed by atoms with Crippen LogP contribution in [0, 0.1) is 0 Å². The molecule has 5 rings (SSSR count). The molecule has 3 aromatic rings. The van der Waals surface area contributed by atoms with Gasteiger partial charge in [-0.3, -0.25) is 0 Å². The molecule has 0 bridgehead atoms. The van der Waals surface area contributed by atoms with E-state index in [2.05, 4.69) is 15.0 Å². The fraction of sp³-hybridized carbons (Fsp3) is 0.478. The van der Waals surface area contributed by atoms with E-state index in [1.165, 1.54) is 12.3 Å². The van der Waals surface area contributed by atoms with Crippen LogP contribution in [0.15, 0.2) is 30.5 Å². The fourth-order valence-electron chi connectivity index (χ4n) is 4.78. The standard InChI is InChI=1S/C23H24F6N6/c24-22(25,26)15-13-17-19(18(14-15)33-7-2-1-3-8-33)32-21(31-17)35-11-9-34(10-12-35)20-16(23(27,28)29)5-4-6-30-20/h4-6,13-14H,1-3,7-12H2,(H,31,32). The van der Waals surface area contributed by atoms with Crippen LogP contribution in [0.3, 0.4) is 0 Å². The minimum atomic E-state index is -4.51. The van der Waals surface area contributed by atoms with Gasteiger partial charge < -0.3 is 19.7 Å². The molecule has 1 aromatic carbocycles. The summed E-state index contributed by atoms with van der Waals surface area (Å²) >= 11 is 0. The maximum absolute atomic E-state index is 13.6. The Morgan fingerprint density at radius 3 is 2.11 bits per heavy atom. The monoisotopic (exact) mass is 498 g/mol. The summed E-state index contributed by atoms with van der Waals surface area (Å²) in [5.74, 6) is 0.292. The number of piperazine rings is 1. The number of rotatable bonds is 3. The second-order valence-corrected chi connectivity index (χ2v) is 8.84. The molecule has 0 unspecified atom stereocenters. The normalized spacial score (nSPS) is 17.9. The Balaban J connectivity index is 1.42. The minimum Gasteiger partial charge on any atom is -0.370 e. The van der Waals surface area contributed by atoms with Gasteiger partial charge in [0.2, 0.25) is 5.95 Å². The lowest BCUT2D eigenvalue weighted by Crippen LogP contribution is -2.47. The third-order valence-corrected chi connectivity index (χ3v) is 6.55. The largest absolute Gasteiger partial charge is 0.419 e. The summed E-state index contributed by atoms with van der Waals surface area (Å²) < 4.78 is 81.0. The molecule has 0 atom stereocenters. The topological polar surface area (TPSA) is 51.3 Å². The molecule has 2 saturated heterocycles. The first kappa shape index (κ1) is 23.6. The zero-order valence-electron chi connectivity index (χ0n) is 18.8. The minimum absolute atomic E-state index is 0.119. The van der Waals surface area contributed by atoms with Crippen molar-refractivity contribution in [1.29, 1.82) is 0 Å². The van der Waals surface area contributed by atoms with Crippen LogP contribution in [-0.2, 0) is 12.4 Å². The lowest BCUT2D eigenvalue weighted by atomic mass is 10.1. The molecule has 0 aliphatic carbocycles. The van der Waals surface area contributed by atoms with Crippen molar-refractivity contribution in [3.05, 3.63) is 41.6 Å². The second-order valence-electron chi connectivity index (χ2n) is 8.84. The average Bonchev–Trinajstić information content (AvgIpc) is 3.27. The van der Waals surface area contributed by atoms with Crippen molar-refractivity contribution in [2.75, 3.05) is 54.0 Å². The maximum atomic E-state index is 13.6. The van der Waals surface area contributed by atoms with Crippen molar-refractivity contribution in [2.24, 2.45) is 0 Å². The molecule has 2 aromatic heterocycles. The van der Waals surface area contributed by atoms with Crippen molar-refractivity contribution in [2.45, 2.75) is 31.6 Å². The van der Waals surface area contributed by atoms with Gasteiger partial charge in [-0.15, -0.1) is 0 Å². The number of hydrogen-bond acceptors (Lipinski definition) is 5. The number of nitrogens with zero attached hydrogens (tertiary/aromatic N) is 5. The van der Waals surface area contributed by atoms with Gasteiger partial charge in [0, 0.05) is 45.5 Å². The molecule has 4 heterocycles. The third kappa shape index (κ3) is 4.70. The van der Waals surface area contributed by atoms with Crippen molar-refractivity contribution in [3.8, 4) is 0 Å². The van der Waals surface area contributed by atoms with E-state index in [0.29, 0.717) is 48.8 Å². The van der Waals surface area contributed by atoms with E-state index in [1.54, 1.807) is 4.90 Å². The van der Waals surface area contributed by atoms with Crippen molar-refractivity contribution in [1.82, 2.24) is 15.0 Å². The highest BCUT2D eigenvalue weighted by molar-refractivity contribution is 5.91. The highest BCUT2D eigenvalue weighted by Gasteiger charge is 2.37. The van der Waals surface area contributed by atoms with E-state index in [4.69, 9.17) is 0 Å². The Morgan fingerprint density at radius 2 is 1.46 bits per heavy atom. The van der Waals surface area contributed by atoms with E-state index >= 15 is 0 Å². The van der Waals surface area contributed by atoms with Crippen LogP contribution in [-0.4, -0.2) is 54.2 Å². The number of benzene rings is 1. The van der Waals surface area contributed by atoms with Crippen LogP contribution in [0.25, 0.3) is 11.0 Å². The van der Waals surface area contributed by atoms with Gasteiger partial charge in [0.05, 0.1) is 22.3 Å². The number of H-pyrrole nitrogens is 1. The Morgan fingerprint density at radius 1 is 0.771 bits per heavy atom. The molecule has 2 aliphatic heterocycles. The van der Waals surface area contributed by atoms with Crippen LogP contribution >= 0.6 is 0 Å². The highest BCUT2D eigenvalue weighted by atomic mass is 19.4. The summed E-state index contributed by atoms with van der Waals surface area (Å²) in [6, 6.07) is 4.50. The van der Waals surface area contributed by atoms with Crippen LogP contribution in [0.1, 0.15) is 30.4 Å². The SMILES string of the molecule is FC(F)(F)c1cc(N2CCCCC2)c2nc(N3CCN(c4ncccc4C(F)(F)F)CC3)[nH]c2c1. The Kier molecular flexibility index (Phi) is 5.92. The number of imidazole rings is 1. The van der Waals surface area contributed by atoms with Gasteiger partial charge in [-0.05, 0) is 43.5 Å². The van der Waals surface area contributed by atoms with Gasteiger partial charge in [-0.1, -0.05) is 0 Å². The predicted molar refractivity (Wildman–Crippen MR) is 121 cm³/mol. The van der Waals surface area contributed by atoms with Gasteiger partial charge in [-0.25, -0.2) is 9.97 Å². The number of alkyl halides is 6. The third-order valence-electron chi connectivity index (χ3n) is 6.55. The highest BCUT2D eigenvalue weighted by Crippen LogP contribution is 2.38. The molecule has 35 heavy (non-hydrogen) atoms. The summed E-state index contributed by atoms with van der Waals surface area (Å²) in [4.78, 5) is 17.0. The van der Waals surface area contributed by atoms with Gasteiger partial charge in [-0.2, -0.15) is 26.3 Å². The van der Waals surface area contributed by atoms with Crippen LogP contribution in [0.5, 0.6) is 0 Å². The number of halogens is 6. The van der Waals surface area contributed by atoms with Crippen LogP contribution < -0.4 is 14.7 Å². The lowest BCUT2D eigenvalue weighted by molar-refractivity contribution is -0.138. The van der Waals surface area contributed by atoms with E-state index in [0.717, 1.165) is 37.5 Å². The lowest BCUT2D eigenvalue weighted by Gasteiger charge is -2.36. The first-order chi connectivity index (χ1) is 16.6. The zero-order valence-corrected chi connectivity index (χ0v) is 18.8. The second kappa shape index (κ2) is 8.80. The van der Waals surface area contributed by atoms with Crippen molar-refractivity contribution in [3.63, 3.8) is 0 Å². The van der Waals surface area contributed by atoms with E-state index < -0.39 is 23.5 Å². The first-order valence-electron chi connectivity index (χ1n) is 11.5. The first-order valence-corrected chi connectivity index (χ1v) is 11.5. The molecular formula is C23H24F6N6. The summed E-state index contributed by atoms with van der Waals surface area (Å²) in [7, 11) is 0. The molecule has 2 aliphatic rings. The van der Waals surface area contributed by atoms with Gasteiger partial charge in [0.15, 0.2) is 0 Å². The van der Waals surface area contributed by atoms with E-state index in [9.17, 15) is 26.3 Å². The number of anilines is 3. The summed E-state index contributed by atoms with van der Waals surface area (Å²) in [5, 5.41) is 0. The zero-order chi connectivity index (χ0) is 24.8. The van der Waals surface area contributed by atoms with Crippen LogP contribution in [0.4, 0.5) is 43.8 Å². The Bertz CT molecular complexity index is 1190. The number of hydrogen-bond donors (Lipinski definition) is 1. The van der Waals surface area contributed by atoms with Gasteiger partial charge in [0.1, 0.15) is 11.3 Å². The summed E-state index contributed by atoms with van der Waals surface area (Å²) in [5.41, 5.74) is -0.300. The molecule has 6 nitrogen and oxygen atoms in total. The molecule has 12 heteroatoms. The molecule has 2 fully saturated rings. The Labute approximate surface area is 197 Å². The number of aromatic nitrogens is 3. The quantitative estimate of drug-likeness (QED) is 0.496. The molecular weight excluding hydrogens is 474 g/mol. The molecule has 0 spiro atoms. The molecule has 188 valence electrons. The average molecular weight is 498 g/mol. The number of nitrogens with one attached hydrogen (secondary N) is 1. The number of pyridine rings is 1. The molecule has 0 radical (unpaired) electrons. The molecule has 0 amide bonds. The van der Waals surface area contributed by atoms with Crippen LogP contribution in [0.2, 0.25) is 0 Å². The smallest absolute Gasteiger partial charge is 0.370 e.